The molecular formula is C26H33ClNO3P. The number of esters is 1. The Hall–Kier alpha value is -1.90. The fourth-order valence-corrected chi connectivity index (χ4v) is 12.0. The maximum atomic E-state index is 13.7. The predicted octanol–water partition coefficient (Wildman–Crippen LogP) is 6.11. The summed E-state index contributed by atoms with van der Waals surface area (Å²) in [4.78, 5) is 26.6. The minimum absolute atomic E-state index is 0.107. The molecule has 0 spiro atoms. The number of nitrogens with one attached hydrogen (secondary N) is 1. The van der Waals surface area contributed by atoms with Gasteiger partial charge in [-0.1, -0.05) is 0 Å². The summed E-state index contributed by atoms with van der Waals surface area (Å²) in [5, 5.41) is 3.58. The molecule has 1 saturated heterocycles. The number of rotatable bonds is 7. The topological polar surface area (TPSA) is 55.4 Å². The molecule has 1 amide bonds. The zero-order valence-corrected chi connectivity index (χ0v) is 20.8. The van der Waals surface area contributed by atoms with Gasteiger partial charge >= 0.3 is 196 Å². The van der Waals surface area contributed by atoms with E-state index < -0.39 is 7.26 Å². The number of amides is 1. The van der Waals surface area contributed by atoms with Gasteiger partial charge in [0.05, 0.1) is 0 Å². The van der Waals surface area contributed by atoms with Crippen molar-refractivity contribution in [3.05, 3.63) is 64.2 Å². The van der Waals surface area contributed by atoms with Crippen LogP contribution in [0, 0.1) is 13.8 Å². The van der Waals surface area contributed by atoms with Crippen molar-refractivity contribution in [2.45, 2.75) is 57.7 Å². The van der Waals surface area contributed by atoms with Crippen LogP contribution < -0.4 is 5.32 Å². The van der Waals surface area contributed by atoms with Crippen molar-refractivity contribution in [1.82, 2.24) is 0 Å². The second-order valence-corrected chi connectivity index (χ2v) is 14.9. The number of benzene rings is 2. The van der Waals surface area contributed by atoms with E-state index in [1.165, 1.54) is 6.42 Å². The maximum absolute atomic E-state index is 13.7. The average Bonchev–Trinajstić information content (AvgIpc) is 3.59. The first-order chi connectivity index (χ1) is 15.4. The summed E-state index contributed by atoms with van der Waals surface area (Å²) in [6.45, 7) is 4.25. The van der Waals surface area contributed by atoms with Crippen molar-refractivity contribution in [2.75, 3.05) is 23.8 Å². The van der Waals surface area contributed by atoms with Crippen molar-refractivity contribution in [2.24, 2.45) is 0 Å². The summed E-state index contributed by atoms with van der Waals surface area (Å²) in [6, 6.07) is 13.6. The van der Waals surface area contributed by atoms with Gasteiger partial charge in [0, 0.05) is 0 Å². The molecule has 1 saturated carbocycles. The van der Waals surface area contributed by atoms with Gasteiger partial charge in [0.1, 0.15) is 0 Å². The molecule has 172 valence electrons. The molecule has 0 atom stereocenters. The Labute approximate surface area is 196 Å². The Morgan fingerprint density at radius 2 is 1.66 bits per heavy atom. The molecular weight excluding hydrogens is 441 g/mol. The van der Waals surface area contributed by atoms with Crippen molar-refractivity contribution in [1.29, 1.82) is 0 Å². The average molecular weight is 474 g/mol. The molecule has 1 heterocycles. The third-order valence-corrected chi connectivity index (χ3v) is 14.0. The Bertz CT molecular complexity index is 974. The van der Waals surface area contributed by atoms with Gasteiger partial charge in [-0.15, -0.1) is 0 Å². The summed E-state index contributed by atoms with van der Waals surface area (Å²) in [6.07, 6.45) is 7.75. The number of anilines is 1. The number of hydrogen-bond acceptors (Lipinski definition) is 3. The molecule has 0 radical (unpaired) electrons. The van der Waals surface area contributed by atoms with Gasteiger partial charge in [-0.3, -0.25) is 0 Å². The Morgan fingerprint density at radius 3 is 2.25 bits per heavy atom. The monoisotopic (exact) mass is 473 g/mol. The quantitative estimate of drug-likeness (QED) is 0.390. The van der Waals surface area contributed by atoms with Gasteiger partial charge in [0.25, 0.3) is 0 Å². The summed E-state index contributed by atoms with van der Waals surface area (Å²) >= 11 is 6.18. The summed E-state index contributed by atoms with van der Waals surface area (Å²) in [7, 11) is -2.18. The van der Waals surface area contributed by atoms with Crippen LogP contribution >= 0.6 is 18.9 Å². The predicted molar refractivity (Wildman–Crippen MR) is 135 cm³/mol. The number of hydrogen-bond donors (Lipinski definition) is 1. The molecule has 4 nitrogen and oxygen atoms in total. The molecule has 1 aliphatic carbocycles. The fourth-order valence-electron chi connectivity index (χ4n) is 5.58. The van der Waals surface area contributed by atoms with Gasteiger partial charge < -0.3 is 0 Å². The number of carbonyl (C=O) groups excluding carboxylic acids is 2. The molecule has 4 rings (SSSR count). The number of aryl methyl sites for hydroxylation is 2. The fraction of sp³-hybridized carbons (Fsp3) is 0.462. The molecule has 0 unspecified atom stereocenters. The van der Waals surface area contributed by atoms with E-state index in [1.54, 1.807) is 0 Å². The molecule has 0 bridgehead atoms. The van der Waals surface area contributed by atoms with E-state index in [1.807, 2.05) is 56.3 Å². The van der Waals surface area contributed by atoms with Crippen molar-refractivity contribution < 1.29 is 14.3 Å². The SMILES string of the molecule is Cc1cc(Cl)cc(C)c1NC(=O)C1([PH]2(CC(=O)OCc3ccccc3)CCCCC2)CC1. The van der Waals surface area contributed by atoms with E-state index in [2.05, 4.69) is 5.32 Å². The third-order valence-electron chi connectivity index (χ3n) is 7.47. The van der Waals surface area contributed by atoms with E-state index in [0.717, 1.165) is 60.4 Å². The number of ether oxygens (including phenoxy) is 1. The van der Waals surface area contributed by atoms with Crippen molar-refractivity contribution in [3.63, 3.8) is 0 Å². The van der Waals surface area contributed by atoms with Crippen LogP contribution in [-0.2, 0) is 20.9 Å². The number of halogens is 1. The number of carbonyl (C=O) groups is 2. The van der Waals surface area contributed by atoms with Crippen LogP contribution in [0.3, 0.4) is 0 Å². The van der Waals surface area contributed by atoms with Gasteiger partial charge in [-0.2, -0.15) is 0 Å². The molecule has 1 aliphatic heterocycles. The molecule has 2 fully saturated rings. The first-order valence-corrected chi connectivity index (χ1v) is 14.6. The molecule has 6 heteroatoms. The van der Waals surface area contributed by atoms with E-state index in [0.29, 0.717) is 17.8 Å². The summed E-state index contributed by atoms with van der Waals surface area (Å²) in [5.74, 6) is -0.0317. The Kier molecular flexibility index (Phi) is 6.93. The zero-order valence-electron chi connectivity index (χ0n) is 19.0. The first-order valence-electron chi connectivity index (χ1n) is 11.6. The van der Waals surface area contributed by atoms with Gasteiger partial charge in [-0.05, 0) is 0 Å². The third kappa shape index (κ3) is 4.72. The van der Waals surface area contributed by atoms with Crippen LogP contribution in [0.15, 0.2) is 42.5 Å². The Morgan fingerprint density at radius 1 is 1.03 bits per heavy atom. The zero-order chi connectivity index (χ0) is 22.8. The second kappa shape index (κ2) is 9.53. The van der Waals surface area contributed by atoms with E-state index in [9.17, 15) is 9.59 Å². The first kappa shape index (κ1) is 23.3. The van der Waals surface area contributed by atoms with Gasteiger partial charge in [0.2, 0.25) is 0 Å². The van der Waals surface area contributed by atoms with E-state index >= 15 is 0 Å². The van der Waals surface area contributed by atoms with Gasteiger partial charge in [0.15, 0.2) is 0 Å². The normalized spacial score (nSPS) is 19.6. The van der Waals surface area contributed by atoms with E-state index in [4.69, 9.17) is 16.3 Å². The van der Waals surface area contributed by atoms with Crippen LogP contribution in [0.2, 0.25) is 5.02 Å². The second-order valence-electron chi connectivity index (χ2n) is 9.61. The molecule has 32 heavy (non-hydrogen) atoms. The van der Waals surface area contributed by atoms with Crippen LogP contribution in [0.1, 0.15) is 48.8 Å². The molecule has 2 aliphatic rings. The van der Waals surface area contributed by atoms with Crippen LogP contribution in [0.25, 0.3) is 0 Å². The van der Waals surface area contributed by atoms with Crippen LogP contribution in [0.4, 0.5) is 5.69 Å². The summed E-state index contributed by atoms with van der Waals surface area (Å²) in [5.41, 5.74) is 3.80. The minimum atomic E-state index is -2.18. The van der Waals surface area contributed by atoms with E-state index in [-0.39, 0.29) is 17.0 Å². The van der Waals surface area contributed by atoms with Gasteiger partial charge in [-0.25, -0.2) is 0 Å². The van der Waals surface area contributed by atoms with Crippen molar-refractivity contribution in [3.8, 4) is 0 Å². The summed E-state index contributed by atoms with van der Waals surface area (Å²) < 4.78 is 5.68. The molecule has 2 aromatic carbocycles. The molecule has 2 aromatic rings. The Balaban J connectivity index is 1.51. The molecule has 1 N–H and O–H groups in total. The van der Waals surface area contributed by atoms with Crippen LogP contribution in [-0.4, -0.2) is 35.5 Å². The molecule has 0 aromatic heterocycles. The van der Waals surface area contributed by atoms with Crippen molar-refractivity contribution >= 4 is 36.4 Å². The standard InChI is InChI=1S/C26H33ClNO3P/c1-19-15-22(27)16-20(2)24(19)28-25(30)26(11-12-26)32(13-7-4-8-14-32)18-23(29)31-17-21-9-5-3-6-10-21/h3,5-6,9-10,15-16,32H,4,7-8,11-14,17-18H2,1-2H3,(H,28,30). The van der Waals surface area contributed by atoms with Crippen LogP contribution in [0.5, 0.6) is 0 Å².